The Balaban J connectivity index is 3.62. The highest BCUT2D eigenvalue weighted by molar-refractivity contribution is 4.65. The summed E-state index contributed by atoms with van der Waals surface area (Å²) in [7, 11) is 2.23. The predicted molar refractivity (Wildman–Crippen MR) is 56.5 cm³/mol. The zero-order valence-corrected chi connectivity index (χ0v) is 9.43. The van der Waals surface area contributed by atoms with Gasteiger partial charge in [-0.25, -0.2) is 0 Å². The van der Waals surface area contributed by atoms with E-state index in [0.717, 1.165) is 12.0 Å². The molecule has 0 N–H and O–H groups in total. The maximum absolute atomic E-state index is 2.46. The second-order valence-corrected chi connectivity index (χ2v) is 4.08. The van der Waals surface area contributed by atoms with E-state index < -0.39 is 0 Å². The second-order valence-electron chi connectivity index (χ2n) is 4.08. The minimum atomic E-state index is 0.750. The molecule has 12 heavy (non-hydrogen) atoms. The topological polar surface area (TPSA) is 3.24 Å². The van der Waals surface area contributed by atoms with E-state index in [0.29, 0.717) is 0 Å². The molecule has 0 rings (SSSR count). The molecule has 0 aromatic heterocycles. The average Bonchev–Trinajstić information content (AvgIpc) is 2.04. The highest BCUT2D eigenvalue weighted by Gasteiger charge is 2.10. The highest BCUT2D eigenvalue weighted by Crippen LogP contribution is 2.13. The van der Waals surface area contributed by atoms with Crippen LogP contribution in [0.5, 0.6) is 0 Å². The predicted octanol–water partition coefficient (Wildman–Crippen LogP) is 3.15. The molecule has 0 aromatic carbocycles. The summed E-state index contributed by atoms with van der Waals surface area (Å²) in [5.74, 6) is 0.874. The molecule has 0 spiro atoms. The lowest BCUT2D eigenvalue weighted by atomic mass is 9.99. The molecule has 2 atom stereocenters. The van der Waals surface area contributed by atoms with E-state index in [4.69, 9.17) is 0 Å². The fourth-order valence-corrected chi connectivity index (χ4v) is 1.50. The number of hydrogen-bond donors (Lipinski definition) is 0. The number of nitrogens with zero attached hydrogens (tertiary/aromatic N) is 1. The maximum Gasteiger partial charge on any atom is 0.00664 e. The first-order valence-electron chi connectivity index (χ1n) is 5.32. The molecule has 0 aliphatic heterocycles. The summed E-state index contributed by atoms with van der Waals surface area (Å²) in [5, 5.41) is 0. The van der Waals surface area contributed by atoms with Crippen LogP contribution in [0.2, 0.25) is 0 Å². The standard InChI is InChI=1S/C11H25N/c1-6-8-12(5)11(4)9-10(3)7-2/h10-11H,6-9H2,1-5H3. The summed E-state index contributed by atoms with van der Waals surface area (Å²) in [6, 6.07) is 0.750. The molecule has 0 amide bonds. The van der Waals surface area contributed by atoms with Gasteiger partial charge >= 0.3 is 0 Å². The van der Waals surface area contributed by atoms with Crippen LogP contribution in [0, 0.1) is 5.92 Å². The van der Waals surface area contributed by atoms with Crippen LogP contribution < -0.4 is 0 Å². The average molecular weight is 171 g/mol. The van der Waals surface area contributed by atoms with Crippen LogP contribution in [0.1, 0.15) is 47.0 Å². The van der Waals surface area contributed by atoms with Crippen LogP contribution >= 0.6 is 0 Å². The Labute approximate surface area is 78.1 Å². The Kier molecular flexibility index (Phi) is 6.45. The third-order valence-corrected chi connectivity index (χ3v) is 2.77. The van der Waals surface area contributed by atoms with E-state index in [-0.39, 0.29) is 0 Å². The van der Waals surface area contributed by atoms with Crippen LogP contribution in [-0.2, 0) is 0 Å². The van der Waals surface area contributed by atoms with Gasteiger partial charge in [-0.1, -0.05) is 27.2 Å². The molecule has 1 heteroatoms. The lowest BCUT2D eigenvalue weighted by Gasteiger charge is -2.26. The van der Waals surface area contributed by atoms with Crippen LogP contribution in [0.15, 0.2) is 0 Å². The Morgan fingerprint density at radius 1 is 1.17 bits per heavy atom. The van der Waals surface area contributed by atoms with Gasteiger partial charge in [-0.05, 0) is 39.3 Å². The van der Waals surface area contributed by atoms with Gasteiger partial charge in [-0.3, -0.25) is 0 Å². The minimum absolute atomic E-state index is 0.750. The van der Waals surface area contributed by atoms with Gasteiger partial charge in [0.15, 0.2) is 0 Å². The zero-order valence-electron chi connectivity index (χ0n) is 9.43. The first-order valence-corrected chi connectivity index (χ1v) is 5.32. The molecule has 2 unspecified atom stereocenters. The van der Waals surface area contributed by atoms with Gasteiger partial charge in [0.05, 0.1) is 0 Å². The van der Waals surface area contributed by atoms with Crippen molar-refractivity contribution in [2.45, 2.75) is 53.0 Å². The summed E-state index contributed by atoms with van der Waals surface area (Å²) in [4.78, 5) is 2.46. The molecule has 0 heterocycles. The van der Waals surface area contributed by atoms with Crippen molar-refractivity contribution in [3.8, 4) is 0 Å². The Hall–Kier alpha value is -0.0400. The molecule has 0 saturated heterocycles. The lowest BCUT2D eigenvalue weighted by molar-refractivity contribution is 0.223. The third-order valence-electron chi connectivity index (χ3n) is 2.77. The van der Waals surface area contributed by atoms with E-state index in [1.54, 1.807) is 0 Å². The fourth-order valence-electron chi connectivity index (χ4n) is 1.50. The molecule has 0 saturated carbocycles. The molecule has 0 fully saturated rings. The van der Waals surface area contributed by atoms with Gasteiger partial charge in [0.1, 0.15) is 0 Å². The van der Waals surface area contributed by atoms with Crippen molar-refractivity contribution in [1.29, 1.82) is 0 Å². The van der Waals surface area contributed by atoms with E-state index in [1.165, 1.54) is 25.8 Å². The van der Waals surface area contributed by atoms with Gasteiger partial charge in [-0.15, -0.1) is 0 Å². The third kappa shape index (κ3) is 4.76. The summed E-state index contributed by atoms with van der Waals surface area (Å²) < 4.78 is 0. The second kappa shape index (κ2) is 6.47. The van der Waals surface area contributed by atoms with Crippen molar-refractivity contribution in [3.05, 3.63) is 0 Å². The largest absolute Gasteiger partial charge is 0.304 e. The van der Waals surface area contributed by atoms with Gasteiger partial charge in [0.2, 0.25) is 0 Å². The lowest BCUT2D eigenvalue weighted by Crippen LogP contribution is -2.31. The summed E-state index contributed by atoms with van der Waals surface area (Å²) in [6.07, 6.45) is 3.92. The van der Waals surface area contributed by atoms with E-state index in [9.17, 15) is 0 Å². The minimum Gasteiger partial charge on any atom is -0.304 e. The van der Waals surface area contributed by atoms with Crippen LogP contribution in [0.3, 0.4) is 0 Å². The molecule has 0 aromatic rings. The van der Waals surface area contributed by atoms with Gasteiger partial charge in [-0.2, -0.15) is 0 Å². The summed E-state index contributed by atoms with van der Waals surface area (Å²) >= 11 is 0. The SMILES string of the molecule is CCCN(C)C(C)CC(C)CC. The van der Waals surface area contributed by atoms with Gasteiger partial charge < -0.3 is 4.90 Å². The molecule has 74 valence electrons. The summed E-state index contributed by atoms with van der Waals surface area (Å²) in [5.41, 5.74) is 0. The van der Waals surface area contributed by atoms with E-state index >= 15 is 0 Å². The van der Waals surface area contributed by atoms with Crippen molar-refractivity contribution in [1.82, 2.24) is 4.90 Å². The van der Waals surface area contributed by atoms with E-state index in [2.05, 4.69) is 39.6 Å². The van der Waals surface area contributed by atoms with Crippen LogP contribution in [0.4, 0.5) is 0 Å². The quantitative estimate of drug-likeness (QED) is 0.593. The number of hydrogen-bond acceptors (Lipinski definition) is 1. The monoisotopic (exact) mass is 171 g/mol. The fraction of sp³-hybridized carbons (Fsp3) is 1.00. The molecule has 0 radical (unpaired) electrons. The first kappa shape index (κ1) is 12.0. The van der Waals surface area contributed by atoms with Crippen molar-refractivity contribution < 1.29 is 0 Å². The van der Waals surface area contributed by atoms with Crippen molar-refractivity contribution in [3.63, 3.8) is 0 Å². The van der Waals surface area contributed by atoms with E-state index in [1.807, 2.05) is 0 Å². The molecule has 0 aliphatic carbocycles. The van der Waals surface area contributed by atoms with Crippen molar-refractivity contribution in [2.24, 2.45) is 5.92 Å². The zero-order chi connectivity index (χ0) is 9.56. The molecule has 1 nitrogen and oxygen atoms in total. The summed E-state index contributed by atoms with van der Waals surface area (Å²) in [6.45, 7) is 10.4. The Morgan fingerprint density at radius 3 is 2.17 bits per heavy atom. The van der Waals surface area contributed by atoms with Crippen molar-refractivity contribution >= 4 is 0 Å². The molecule has 0 aliphatic rings. The van der Waals surface area contributed by atoms with Crippen LogP contribution in [0.25, 0.3) is 0 Å². The normalized spacial score (nSPS) is 16.5. The Bertz CT molecular complexity index is 101. The highest BCUT2D eigenvalue weighted by atomic mass is 15.1. The molecule has 0 bridgehead atoms. The maximum atomic E-state index is 2.46. The molecular formula is C11H25N. The van der Waals surface area contributed by atoms with Gasteiger partial charge in [0, 0.05) is 6.04 Å². The van der Waals surface area contributed by atoms with Crippen LogP contribution in [-0.4, -0.2) is 24.5 Å². The first-order chi connectivity index (χ1) is 5.61. The number of rotatable bonds is 6. The molecular weight excluding hydrogens is 146 g/mol. The van der Waals surface area contributed by atoms with Crippen molar-refractivity contribution in [2.75, 3.05) is 13.6 Å². The Morgan fingerprint density at radius 2 is 1.75 bits per heavy atom. The smallest absolute Gasteiger partial charge is 0.00664 e. The van der Waals surface area contributed by atoms with Gasteiger partial charge in [0.25, 0.3) is 0 Å².